The van der Waals surface area contributed by atoms with E-state index in [0.29, 0.717) is 17.4 Å². The molecule has 0 saturated heterocycles. The maximum Gasteiger partial charge on any atom is 0.114 e. The van der Waals surface area contributed by atoms with Crippen LogP contribution < -0.4 is 5.19 Å². The molecule has 8 heteroatoms. The van der Waals surface area contributed by atoms with Gasteiger partial charge in [-0.25, -0.2) is 4.98 Å². The summed E-state index contributed by atoms with van der Waals surface area (Å²) in [6.45, 7) is 17.4. The standard InChI is InChI=1S/C35H30N3S.C17H21FNSi.Ir/c1-20(2)24-10-8-11-25(21(3)4)32(24)38-31-15-7-6-14-30(31)36-34(38)27-13-9-12-26-28-19-23-18-22(5)16-17-29(23)37-35(28)39-33(26)27;1-12(2)15-10-16(13-6-8-14(18)9-7-13)19-11-17(15)20(3,4)5;/h6-12,14-21H,1-5H3;6,8-12H,1-5H3;/q2*-1;/i5D3;12D;. The first-order chi connectivity index (χ1) is 29.7. The molecule has 9 rings (SSSR count). The Hall–Kier alpha value is -4.85. The van der Waals surface area contributed by atoms with Crippen molar-refractivity contribution in [2.45, 2.75) is 85.8 Å². The number of hydrogen-bond donors (Lipinski definition) is 0. The van der Waals surface area contributed by atoms with Gasteiger partial charge in [0, 0.05) is 54.1 Å². The first-order valence-corrected chi connectivity index (χ1v) is 24.5. The first-order valence-electron chi connectivity index (χ1n) is 22.2. The van der Waals surface area contributed by atoms with Gasteiger partial charge in [-0.15, -0.1) is 48.0 Å². The normalized spacial score (nSPS) is 13.3. The van der Waals surface area contributed by atoms with E-state index in [4.69, 9.17) is 15.5 Å². The molecule has 0 N–H and O–H groups in total. The predicted octanol–water partition coefficient (Wildman–Crippen LogP) is 14.3. The number of fused-ring (bicyclic) bond motifs is 5. The Labute approximate surface area is 377 Å². The fourth-order valence-corrected chi connectivity index (χ4v) is 10.6. The van der Waals surface area contributed by atoms with Gasteiger partial charge in [-0.2, -0.15) is 11.3 Å². The molecule has 5 aromatic carbocycles. The SMILES string of the molecule is [2H]C(C)(C)c1cc(-c2[c-]cc(F)cc2)ncc1[Si](C)(C)C.[2H]C([2H])([2H])c1ccc2nc3sc4c(-c5nc6ccccc6n5-c5c(C(C)C)cccc5C(C)C)[c-]ccc4c3cc2c1.[Ir]. The molecule has 0 saturated carbocycles. The Morgan fingerprint density at radius 3 is 2.20 bits per heavy atom. The molecule has 0 spiro atoms. The third kappa shape index (κ3) is 8.28. The first kappa shape index (κ1) is 38.1. The monoisotopic (exact) mass is 1010 g/mol. The Bertz CT molecular complexity index is 3140. The zero-order valence-corrected chi connectivity index (χ0v) is 39.7. The van der Waals surface area contributed by atoms with Gasteiger partial charge in [0.25, 0.3) is 0 Å². The number of rotatable bonds is 7. The van der Waals surface area contributed by atoms with Crippen LogP contribution in [-0.2, 0) is 20.1 Å². The van der Waals surface area contributed by atoms with E-state index in [-0.39, 0.29) is 25.9 Å². The summed E-state index contributed by atoms with van der Waals surface area (Å²) in [5, 5.41) is 4.10. The number of imidazole rings is 1. The van der Waals surface area contributed by atoms with Crippen molar-refractivity contribution in [3.05, 3.63) is 150 Å². The number of benzene rings is 5. The Morgan fingerprint density at radius 2 is 1.53 bits per heavy atom. The quantitative estimate of drug-likeness (QED) is 0.118. The summed E-state index contributed by atoms with van der Waals surface area (Å²) in [6.07, 6.45) is 1.89. The second-order valence-corrected chi connectivity index (χ2v) is 23.1. The smallest absolute Gasteiger partial charge is 0.114 e. The second kappa shape index (κ2) is 17.3. The van der Waals surface area contributed by atoms with E-state index in [1.807, 2.05) is 44.3 Å². The molecule has 0 atom stereocenters. The van der Waals surface area contributed by atoms with Crippen molar-refractivity contribution in [3.63, 3.8) is 0 Å². The summed E-state index contributed by atoms with van der Waals surface area (Å²) in [6, 6.07) is 39.1. The van der Waals surface area contributed by atoms with Crippen LogP contribution in [0.15, 0.2) is 109 Å². The van der Waals surface area contributed by atoms with Crippen LogP contribution in [0.25, 0.3) is 70.6 Å². The topological polar surface area (TPSA) is 43.6 Å². The fourth-order valence-electron chi connectivity index (χ4n) is 7.86. The van der Waals surface area contributed by atoms with Crippen molar-refractivity contribution in [1.82, 2.24) is 19.5 Å². The largest absolute Gasteiger partial charge is 0.333 e. The van der Waals surface area contributed by atoms with E-state index in [1.54, 1.807) is 29.5 Å². The van der Waals surface area contributed by atoms with E-state index < -0.39 is 20.8 Å². The van der Waals surface area contributed by atoms with Crippen molar-refractivity contribution in [2.24, 2.45) is 0 Å². The minimum absolute atomic E-state index is 0. The van der Waals surface area contributed by atoms with Gasteiger partial charge >= 0.3 is 0 Å². The van der Waals surface area contributed by atoms with Gasteiger partial charge in [0.05, 0.1) is 30.4 Å². The average molecular weight is 1010 g/mol. The molecule has 0 aliphatic heterocycles. The van der Waals surface area contributed by atoms with Gasteiger partial charge in [0.1, 0.15) is 4.83 Å². The molecule has 4 aromatic heterocycles. The summed E-state index contributed by atoms with van der Waals surface area (Å²) in [5.41, 5.74) is 10.3. The van der Waals surface area contributed by atoms with Gasteiger partial charge in [-0.3, -0.25) is 9.37 Å². The van der Waals surface area contributed by atoms with E-state index in [0.717, 1.165) is 70.4 Å². The van der Waals surface area contributed by atoms with Gasteiger partial charge in [-0.05, 0) is 81.6 Å². The van der Waals surface area contributed by atoms with Gasteiger partial charge in [0.2, 0.25) is 0 Å². The van der Waals surface area contributed by atoms with Gasteiger partial charge in [0.15, 0.2) is 0 Å². The number of hydrogen-bond acceptors (Lipinski definition) is 4. The molecule has 0 aliphatic carbocycles. The zero-order valence-electron chi connectivity index (χ0n) is 39.5. The fraction of sp³-hybridized carbons (Fsp3) is 0.250. The molecule has 0 amide bonds. The maximum atomic E-state index is 13.0. The summed E-state index contributed by atoms with van der Waals surface area (Å²) < 4.78 is 48.4. The van der Waals surface area contributed by atoms with Crippen LogP contribution in [0.1, 0.15) is 87.0 Å². The molecule has 0 unspecified atom stereocenters. The molecular weight excluding hydrogens is 952 g/mol. The zero-order chi connectivity index (χ0) is 45.2. The van der Waals surface area contributed by atoms with Crippen LogP contribution >= 0.6 is 11.3 Å². The maximum absolute atomic E-state index is 13.0. The summed E-state index contributed by atoms with van der Waals surface area (Å²) >= 11 is 1.64. The Morgan fingerprint density at radius 1 is 0.783 bits per heavy atom. The third-order valence-corrected chi connectivity index (χ3v) is 14.0. The Kier molecular flexibility index (Phi) is 11.0. The average Bonchev–Trinajstić information content (AvgIpc) is 3.79. The van der Waals surface area contributed by atoms with Crippen LogP contribution in [0.3, 0.4) is 0 Å². The van der Waals surface area contributed by atoms with Crippen LogP contribution in [0, 0.1) is 24.8 Å². The van der Waals surface area contributed by atoms with E-state index in [9.17, 15) is 4.39 Å². The predicted molar refractivity (Wildman–Crippen MR) is 252 cm³/mol. The van der Waals surface area contributed by atoms with Crippen molar-refractivity contribution in [3.8, 4) is 28.3 Å². The summed E-state index contributed by atoms with van der Waals surface area (Å²) in [4.78, 5) is 15.6. The molecule has 4 nitrogen and oxygen atoms in total. The number of para-hydroxylation sites is 3. The molecular formula is C52H51FIrN4SSi-2. The van der Waals surface area contributed by atoms with Crippen LogP contribution in [0.2, 0.25) is 19.6 Å². The number of aryl methyl sites for hydroxylation is 1. The van der Waals surface area contributed by atoms with Crippen molar-refractivity contribution >= 4 is 66.8 Å². The molecule has 0 fully saturated rings. The number of pyridine rings is 2. The number of aromatic nitrogens is 4. The molecule has 307 valence electrons. The molecule has 1 radical (unpaired) electrons. The minimum atomic E-state index is -2.16. The van der Waals surface area contributed by atoms with Gasteiger partial charge < -0.3 is 9.55 Å². The number of halogens is 1. The molecule has 0 bridgehead atoms. The van der Waals surface area contributed by atoms with Crippen molar-refractivity contribution in [1.29, 1.82) is 0 Å². The van der Waals surface area contributed by atoms with Crippen LogP contribution in [0.4, 0.5) is 4.39 Å². The van der Waals surface area contributed by atoms with Crippen molar-refractivity contribution < 1.29 is 30.0 Å². The number of thiophene rings is 1. The van der Waals surface area contributed by atoms with Crippen molar-refractivity contribution in [2.75, 3.05) is 0 Å². The second-order valence-electron chi connectivity index (χ2n) is 17.1. The van der Waals surface area contributed by atoms with Gasteiger partial charge in [-0.1, -0.05) is 126 Å². The van der Waals surface area contributed by atoms with E-state index in [1.165, 1.54) is 34.1 Å². The molecule has 4 heterocycles. The Balaban J connectivity index is 0.000000236. The van der Waals surface area contributed by atoms with E-state index >= 15 is 0 Å². The van der Waals surface area contributed by atoms with Crippen LogP contribution in [0.5, 0.6) is 0 Å². The molecule has 0 aliphatic rings. The molecule has 60 heavy (non-hydrogen) atoms. The summed E-state index contributed by atoms with van der Waals surface area (Å²) in [5.74, 6) is 0.519. The third-order valence-electron chi connectivity index (χ3n) is 10.9. The number of nitrogens with zero attached hydrogens (tertiary/aromatic N) is 4. The van der Waals surface area contributed by atoms with Crippen LogP contribution in [-0.4, -0.2) is 27.6 Å². The summed E-state index contributed by atoms with van der Waals surface area (Å²) in [7, 11) is -1.57. The molecule has 9 aromatic rings. The van der Waals surface area contributed by atoms with E-state index in [2.05, 4.69) is 118 Å². The minimum Gasteiger partial charge on any atom is -0.333 e.